The standard InChI is InChI=1S/C14H16F3NO2/c1-2-3-6-19-7-8-20-13-5-4-12(14(15,16)17)9-11(13)10-18/h4-5,9H,2-3,6-8H2,1H3. The summed E-state index contributed by atoms with van der Waals surface area (Å²) in [7, 11) is 0. The van der Waals surface area contributed by atoms with Gasteiger partial charge in [0.1, 0.15) is 18.4 Å². The van der Waals surface area contributed by atoms with Crippen LogP contribution in [0.5, 0.6) is 5.75 Å². The first-order chi connectivity index (χ1) is 9.49. The van der Waals surface area contributed by atoms with Crippen molar-refractivity contribution in [3.63, 3.8) is 0 Å². The van der Waals surface area contributed by atoms with Gasteiger partial charge in [0.2, 0.25) is 0 Å². The first kappa shape index (κ1) is 16.3. The minimum Gasteiger partial charge on any atom is -0.490 e. The van der Waals surface area contributed by atoms with Crippen LogP contribution in [0.4, 0.5) is 13.2 Å². The van der Waals surface area contributed by atoms with Gasteiger partial charge in [-0.2, -0.15) is 18.4 Å². The van der Waals surface area contributed by atoms with Crippen LogP contribution >= 0.6 is 0 Å². The third-order valence-corrected chi connectivity index (χ3v) is 2.55. The number of rotatable bonds is 7. The van der Waals surface area contributed by atoms with E-state index < -0.39 is 11.7 Å². The van der Waals surface area contributed by atoms with Crippen molar-refractivity contribution >= 4 is 0 Å². The Morgan fingerprint density at radius 1 is 1.20 bits per heavy atom. The van der Waals surface area contributed by atoms with E-state index in [4.69, 9.17) is 14.7 Å². The van der Waals surface area contributed by atoms with Crippen molar-refractivity contribution < 1.29 is 22.6 Å². The predicted molar refractivity (Wildman–Crippen MR) is 67.4 cm³/mol. The second-order valence-electron chi connectivity index (χ2n) is 4.13. The minimum atomic E-state index is -4.46. The Morgan fingerprint density at radius 3 is 2.55 bits per heavy atom. The monoisotopic (exact) mass is 287 g/mol. The van der Waals surface area contributed by atoms with Crippen molar-refractivity contribution in [1.29, 1.82) is 5.26 Å². The number of unbranched alkanes of at least 4 members (excludes halogenated alkanes) is 1. The molecule has 6 heteroatoms. The quantitative estimate of drug-likeness (QED) is 0.717. The van der Waals surface area contributed by atoms with Gasteiger partial charge in [-0.1, -0.05) is 13.3 Å². The molecule has 0 fully saturated rings. The summed E-state index contributed by atoms with van der Waals surface area (Å²) in [5.41, 5.74) is -0.992. The number of nitriles is 1. The van der Waals surface area contributed by atoms with Crippen LogP contribution in [0.1, 0.15) is 30.9 Å². The third-order valence-electron chi connectivity index (χ3n) is 2.55. The second kappa shape index (κ2) is 7.75. The van der Waals surface area contributed by atoms with E-state index in [1.165, 1.54) is 0 Å². The summed E-state index contributed by atoms with van der Waals surface area (Å²) < 4.78 is 48.0. The fourth-order valence-electron chi connectivity index (χ4n) is 1.48. The molecule has 0 aliphatic rings. The van der Waals surface area contributed by atoms with Crippen LogP contribution in [0.2, 0.25) is 0 Å². The number of hydrogen-bond donors (Lipinski definition) is 0. The van der Waals surface area contributed by atoms with Gasteiger partial charge in [0.15, 0.2) is 0 Å². The Kier molecular flexibility index (Phi) is 6.32. The lowest BCUT2D eigenvalue weighted by Crippen LogP contribution is -2.09. The number of ether oxygens (including phenoxy) is 2. The summed E-state index contributed by atoms with van der Waals surface area (Å²) in [5.74, 6) is 0.139. The summed E-state index contributed by atoms with van der Waals surface area (Å²) in [6, 6.07) is 4.55. The van der Waals surface area contributed by atoms with Crippen molar-refractivity contribution in [2.24, 2.45) is 0 Å². The van der Waals surface area contributed by atoms with Crippen molar-refractivity contribution in [2.75, 3.05) is 19.8 Å². The highest BCUT2D eigenvalue weighted by Gasteiger charge is 2.31. The van der Waals surface area contributed by atoms with Crippen molar-refractivity contribution in [2.45, 2.75) is 25.9 Å². The van der Waals surface area contributed by atoms with E-state index in [9.17, 15) is 13.2 Å². The van der Waals surface area contributed by atoms with Gasteiger partial charge in [-0.3, -0.25) is 0 Å². The van der Waals surface area contributed by atoms with Gasteiger partial charge >= 0.3 is 6.18 Å². The van der Waals surface area contributed by atoms with Gasteiger partial charge in [-0.25, -0.2) is 0 Å². The first-order valence-electron chi connectivity index (χ1n) is 6.31. The second-order valence-corrected chi connectivity index (χ2v) is 4.13. The largest absolute Gasteiger partial charge is 0.490 e. The molecule has 0 spiro atoms. The molecular formula is C14H16F3NO2. The van der Waals surface area contributed by atoms with E-state index in [1.54, 1.807) is 6.07 Å². The van der Waals surface area contributed by atoms with Gasteiger partial charge in [-0.15, -0.1) is 0 Å². The van der Waals surface area contributed by atoms with E-state index >= 15 is 0 Å². The molecule has 1 rings (SSSR count). The SMILES string of the molecule is CCCCOCCOc1ccc(C(F)(F)F)cc1C#N. The maximum absolute atomic E-state index is 12.5. The van der Waals surface area contributed by atoms with E-state index in [0.29, 0.717) is 13.2 Å². The lowest BCUT2D eigenvalue weighted by molar-refractivity contribution is -0.137. The molecule has 20 heavy (non-hydrogen) atoms. The smallest absolute Gasteiger partial charge is 0.416 e. The zero-order valence-electron chi connectivity index (χ0n) is 11.2. The third kappa shape index (κ3) is 5.10. The van der Waals surface area contributed by atoms with Crippen LogP contribution in [0.25, 0.3) is 0 Å². The fraction of sp³-hybridized carbons (Fsp3) is 0.500. The molecule has 3 nitrogen and oxygen atoms in total. The van der Waals surface area contributed by atoms with Crippen LogP contribution < -0.4 is 4.74 Å². The van der Waals surface area contributed by atoms with Crippen molar-refractivity contribution in [3.8, 4) is 11.8 Å². The van der Waals surface area contributed by atoms with Crippen molar-refractivity contribution in [3.05, 3.63) is 29.3 Å². The highest BCUT2D eigenvalue weighted by Crippen LogP contribution is 2.32. The average Bonchev–Trinajstić information content (AvgIpc) is 2.41. The minimum absolute atomic E-state index is 0.131. The number of alkyl halides is 3. The molecule has 0 aliphatic heterocycles. The number of hydrogen-bond acceptors (Lipinski definition) is 3. The normalized spacial score (nSPS) is 11.2. The number of halogens is 3. The molecule has 0 saturated heterocycles. The van der Waals surface area contributed by atoms with E-state index in [0.717, 1.165) is 31.0 Å². The van der Waals surface area contributed by atoms with E-state index in [-0.39, 0.29) is 17.9 Å². The Morgan fingerprint density at radius 2 is 1.95 bits per heavy atom. The maximum atomic E-state index is 12.5. The Bertz CT molecular complexity index is 466. The van der Waals surface area contributed by atoms with Gasteiger partial charge in [0, 0.05) is 6.61 Å². The molecule has 0 unspecified atom stereocenters. The summed E-state index contributed by atoms with van der Waals surface area (Å²) in [6.07, 6.45) is -2.49. The topological polar surface area (TPSA) is 42.2 Å². The summed E-state index contributed by atoms with van der Waals surface area (Å²) in [6.45, 7) is 3.20. The lowest BCUT2D eigenvalue weighted by atomic mass is 10.1. The molecule has 0 radical (unpaired) electrons. The molecule has 0 aliphatic carbocycles. The Hall–Kier alpha value is -1.74. The molecule has 0 saturated carbocycles. The Labute approximate surface area is 115 Å². The number of nitrogens with zero attached hydrogens (tertiary/aromatic N) is 1. The van der Waals surface area contributed by atoms with Crippen LogP contribution in [0, 0.1) is 11.3 Å². The fourth-order valence-corrected chi connectivity index (χ4v) is 1.48. The molecule has 0 N–H and O–H groups in total. The molecule has 0 amide bonds. The van der Waals surface area contributed by atoms with Gasteiger partial charge in [0.05, 0.1) is 17.7 Å². The summed E-state index contributed by atoms with van der Waals surface area (Å²) >= 11 is 0. The summed E-state index contributed by atoms with van der Waals surface area (Å²) in [4.78, 5) is 0. The van der Waals surface area contributed by atoms with Crippen LogP contribution in [0.15, 0.2) is 18.2 Å². The zero-order valence-corrected chi connectivity index (χ0v) is 11.2. The average molecular weight is 287 g/mol. The highest BCUT2D eigenvalue weighted by atomic mass is 19.4. The molecule has 1 aromatic rings. The predicted octanol–water partition coefficient (Wildman–Crippen LogP) is 3.77. The van der Waals surface area contributed by atoms with Gasteiger partial charge in [0.25, 0.3) is 0 Å². The maximum Gasteiger partial charge on any atom is 0.416 e. The molecule has 1 aromatic carbocycles. The zero-order chi connectivity index (χ0) is 15.0. The molecule has 0 atom stereocenters. The Balaban J connectivity index is 2.56. The van der Waals surface area contributed by atoms with Crippen LogP contribution in [-0.2, 0) is 10.9 Å². The summed E-state index contributed by atoms with van der Waals surface area (Å²) in [5, 5.41) is 8.85. The van der Waals surface area contributed by atoms with Gasteiger partial charge in [-0.05, 0) is 24.6 Å². The lowest BCUT2D eigenvalue weighted by Gasteiger charge is -2.11. The molecule has 110 valence electrons. The number of benzene rings is 1. The van der Waals surface area contributed by atoms with Gasteiger partial charge < -0.3 is 9.47 Å². The molecule has 0 aromatic heterocycles. The highest BCUT2D eigenvalue weighted by molar-refractivity contribution is 5.46. The molecule has 0 bridgehead atoms. The molecular weight excluding hydrogens is 271 g/mol. The van der Waals surface area contributed by atoms with Crippen LogP contribution in [-0.4, -0.2) is 19.8 Å². The first-order valence-corrected chi connectivity index (χ1v) is 6.31. The van der Waals surface area contributed by atoms with E-state index in [2.05, 4.69) is 0 Å². The van der Waals surface area contributed by atoms with Crippen LogP contribution in [0.3, 0.4) is 0 Å². The van der Waals surface area contributed by atoms with Crippen molar-refractivity contribution in [1.82, 2.24) is 0 Å². The molecule has 0 heterocycles. The van der Waals surface area contributed by atoms with E-state index in [1.807, 2.05) is 6.92 Å².